The molecule has 98 valence electrons. The molecule has 3 heteroatoms. The van der Waals surface area contributed by atoms with Gasteiger partial charge in [-0.2, -0.15) is 0 Å². The molecule has 1 aliphatic carbocycles. The van der Waals surface area contributed by atoms with E-state index in [1.807, 2.05) is 44.2 Å². The maximum absolute atomic E-state index is 12.4. The Kier molecular flexibility index (Phi) is 3.96. The average molecular weight is 266 g/mol. The van der Waals surface area contributed by atoms with Crippen molar-refractivity contribution < 1.29 is 4.79 Å². The Hall–Kier alpha value is -1.02. The average Bonchev–Trinajstić information content (AvgIpc) is 2.76. The zero-order valence-electron chi connectivity index (χ0n) is 10.9. The van der Waals surface area contributed by atoms with Crippen molar-refractivity contribution in [2.45, 2.75) is 49.9 Å². The minimum atomic E-state index is -0.513. The third-order valence-corrected chi connectivity index (χ3v) is 4.33. The normalized spacial score (nSPS) is 23.9. The minimum absolute atomic E-state index is 0.0613. The van der Waals surface area contributed by atoms with Crippen LogP contribution in [0.3, 0.4) is 0 Å². The largest absolute Gasteiger partial charge is 0.351 e. The van der Waals surface area contributed by atoms with Crippen molar-refractivity contribution in [2.75, 3.05) is 0 Å². The maximum atomic E-state index is 12.4. The van der Waals surface area contributed by atoms with Crippen molar-refractivity contribution in [1.82, 2.24) is 5.32 Å². The van der Waals surface area contributed by atoms with Crippen LogP contribution in [-0.2, 0) is 10.2 Å². The molecule has 1 aromatic rings. The Bertz CT molecular complexity index is 416. The molecule has 1 fully saturated rings. The van der Waals surface area contributed by atoms with Crippen molar-refractivity contribution in [3.8, 4) is 0 Å². The summed E-state index contributed by atoms with van der Waals surface area (Å²) in [6.45, 7) is 3.91. The highest BCUT2D eigenvalue weighted by Gasteiger charge is 2.34. The van der Waals surface area contributed by atoms with Crippen LogP contribution in [0.4, 0.5) is 0 Å². The minimum Gasteiger partial charge on any atom is -0.351 e. The Morgan fingerprint density at radius 1 is 1.28 bits per heavy atom. The van der Waals surface area contributed by atoms with E-state index in [1.54, 1.807) is 0 Å². The molecule has 1 aromatic carbocycles. The van der Waals surface area contributed by atoms with Gasteiger partial charge in [-0.3, -0.25) is 4.79 Å². The Labute approximate surface area is 114 Å². The van der Waals surface area contributed by atoms with Gasteiger partial charge in [0.25, 0.3) is 0 Å². The summed E-state index contributed by atoms with van der Waals surface area (Å²) >= 11 is 6.20. The molecule has 0 aromatic heterocycles. The second kappa shape index (κ2) is 5.31. The fraction of sp³-hybridized carbons (Fsp3) is 0.533. The molecular formula is C15H20ClNO. The summed E-state index contributed by atoms with van der Waals surface area (Å²) in [5.74, 6) is 0.0613. The molecular weight excluding hydrogens is 246 g/mol. The van der Waals surface area contributed by atoms with Crippen molar-refractivity contribution in [3.63, 3.8) is 0 Å². The Morgan fingerprint density at radius 3 is 2.50 bits per heavy atom. The summed E-state index contributed by atoms with van der Waals surface area (Å²) in [5.41, 5.74) is 0.520. The van der Waals surface area contributed by atoms with Crippen LogP contribution in [0, 0.1) is 0 Å². The molecule has 2 nitrogen and oxygen atoms in total. The van der Waals surface area contributed by atoms with E-state index in [1.165, 1.54) is 0 Å². The number of alkyl halides is 1. The fourth-order valence-corrected chi connectivity index (χ4v) is 2.76. The summed E-state index contributed by atoms with van der Waals surface area (Å²) < 4.78 is 0. The summed E-state index contributed by atoms with van der Waals surface area (Å²) in [6.07, 6.45) is 3.09. The van der Waals surface area contributed by atoms with E-state index in [4.69, 9.17) is 11.6 Å². The molecule has 0 spiro atoms. The van der Waals surface area contributed by atoms with Gasteiger partial charge in [0.1, 0.15) is 0 Å². The van der Waals surface area contributed by atoms with Crippen molar-refractivity contribution in [1.29, 1.82) is 0 Å². The van der Waals surface area contributed by atoms with E-state index in [0.29, 0.717) is 0 Å². The van der Waals surface area contributed by atoms with Crippen molar-refractivity contribution >= 4 is 17.5 Å². The summed E-state index contributed by atoms with van der Waals surface area (Å²) in [6, 6.07) is 10.00. The molecule has 18 heavy (non-hydrogen) atoms. The highest BCUT2D eigenvalue weighted by Crippen LogP contribution is 2.27. The van der Waals surface area contributed by atoms with Crippen LogP contribution in [0.15, 0.2) is 30.3 Å². The third kappa shape index (κ3) is 2.69. The summed E-state index contributed by atoms with van der Waals surface area (Å²) in [5, 5.41) is 3.18. The quantitative estimate of drug-likeness (QED) is 0.836. The smallest absolute Gasteiger partial charge is 0.230 e. The second-order valence-electron chi connectivity index (χ2n) is 5.52. The molecule has 2 unspecified atom stereocenters. The van der Waals surface area contributed by atoms with Gasteiger partial charge in [0.2, 0.25) is 5.91 Å². The van der Waals surface area contributed by atoms with E-state index >= 15 is 0 Å². The highest BCUT2D eigenvalue weighted by molar-refractivity contribution is 6.21. The van der Waals surface area contributed by atoms with Gasteiger partial charge in [0.05, 0.1) is 10.8 Å². The van der Waals surface area contributed by atoms with Crippen molar-refractivity contribution in [2.24, 2.45) is 0 Å². The van der Waals surface area contributed by atoms with Crippen LogP contribution in [0.5, 0.6) is 0 Å². The first-order chi connectivity index (χ1) is 8.51. The van der Waals surface area contributed by atoms with Crippen LogP contribution < -0.4 is 5.32 Å². The number of carbonyl (C=O) groups is 1. The number of nitrogens with one attached hydrogen (secondary N) is 1. The topological polar surface area (TPSA) is 29.1 Å². The Balaban J connectivity index is 2.08. The summed E-state index contributed by atoms with van der Waals surface area (Å²) in [4.78, 5) is 12.4. The van der Waals surface area contributed by atoms with Gasteiger partial charge < -0.3 is 5.32 Å². The predicted molar refractivity (Wildman–Crippen MR) is 74.9 cm³/mol. The first kappa shape index (κ1) is 13.4. The monoisotopic (exact) mass is 265 g/mol. The first-order valence-corrected chi connectivity index (χ1v) is 6.96. The fourth-order valence-electron chi connectivity index (χ4n) is 2.41. The number of halogens is 1. The summed E-state index contributed by atoms with van der Waals surface area (Å²) in [7, 11) is 0. The molecule has 0 radical (unpaired) electrons. The van der Waals surface area contributed by atoms with Gasteiger partial charge >= 0.3 is 0 Å². The highest BCUT2D eigenvalue weighted by atomic mass is 35.5. The predicted octanol–water partition coefficient (Wildman–Crippen LogP) is 3.24. The van der Waals surface area contributed by atoms with Crippen molar-refractivity contribution in [3.05, 3.63) is 35.9 Å². The van der Waals surface area contributed by atoms with E-state index in [0.717, 1.165) is 24.8 Å². The van der Waals surface area contributed by atoms with E-state index in [9.17, 15) is 4.79 Å². The lowest BCUT2D eigenvalue weighted by Crippen LogP contribution is -2.46. The number of amides is 1. The lowest BCUT2D eigenvalue weighted by Gasteiger charge is -2.27. The molecule has 1 amide bonds. The molecule has 1 saturated carbocycles. The van der Waals surface area contributed by atoms with Gasteiger partial charge in [-0.1, -0.05) is 30.3 Å². The van der Waals surface area contributed by atoms with Crippen LogP contribution in [0.2, 0.25) is 0 Å². The third-order valence-electron chi connectivity index (χ3n) is 3.81. The number of benzene rings is 1. The maximum Gasteiger partial charge on any atom is 0.230 e. The number of hydrogen-bond acceptors (Lipinski definition) is 1. The van der Waals surface area contributed by atoms with E-state index in [-0.39, 0.29) is 17.3 Å². The molecule has 1 N–H and O–H groups in total. The number of hydrogen-bond donors (Lipinski definition) is 1. The molecule has 2 rings (SSSR count). The molecule has 0 heterocycles. The van der Waals surface area contributed by atoms with Gasteiger partial charge in [0.15, 0.2) is 0 Å². The second-order valence-corrected chi connectivity index (χ2v) is 6.08. The van der Waals surface area contributed by atoms with Gasteiger partial charge in [0, 0.05) is 6.04 Å². The van der Waals surface area contributed by atoms with Gasteiger partial charge in [-0.15, -0.1) is 11.6 Å². The molecule has 1 aliphatic rings. The number of rotatable bonds is 3. The standard InChI is InChI=1S/C15H20ClNO/c1-15(2,11-7-4-3-5-8-11)14(18)17-13-10-6-9-12(13)16/h3-5,7-8,12-13H,6,9-10H2,1-2H3,(H,17,18). The SMILES string of the molecule is CC(C)(C(=O)NC1CCCC1Cl)c1ccccc1. The first-order valence-electron chi connectivity index (χ1n) is 6.52. The van der Waals surface area contributed by atoms with E-state index in [2.05, 4.69) is 5.32 Å². The number of carbonyl (C=O) groups excluding carboxylic acids is 1. The molecule has 0 bridgehead atoms. The van der Waals surface area contributed by atoms with E-state index < -0.39 is 5.41 Å². The van der Waals surface area contributed by atoms with Crippen LogP contribution in [-0.4, -0.2) is 17.3 Å². The zero-order chi connectivity index (χ0) is 13.2. The molecule has 2 atom stereocenters. The lowest BCUT2D eigenvalue weighted by atomic mass is 9.83. The van der Waals surface area contributed by atoms with Gasteiger partial charge in [-0.05, 0) is 38.7 Å². The van der Waals surface area contributed by atoms with Crippen LogP contribution >= 0.6 is 11.6 Å². The van der Waals surface area contributed by atoms with Gasteiger partial charge in [-0.25, -0.2) is 0 Å². The van der Waals surface area contributed by atoms with Crippen LogP contribution in [0.25, 0.3) is 0 Å². The Morgan fingerprint density at radius 2 is 1.94 bits per heavy atom. The lowest BCUT2D eigenvalue weighted by molar-refractivity contribution is -0.126. The molecule has 0 saturated heterocycles. The van der Waals surface area contributed by atoms with Crippen LogP contribution in [0.1, 0.15) is 38.7 Å². The zero-order valence-corrected chi connectivity index (χ0v) is 11.7. The molecule has 0 aliphatic heterocycles.